The summed E-state index contributed by atoms with van der Waals surface area (Å²) in [6.07, 6.45) is 1.73. The van der Waals surface area contributed by atoms with Crippen LogP contribution in [0.25, 0.3) is 0 Å². The lowest BCUT2D eigenvalue weighted by atomic mass is 10.3. The first-order valence-corrected chi connectivity index (χ1v) is 5.06. The number of anilines is 3. The van der Waals surface area contributed by atoms with Crippen LogP contribution in [0.15, 0.2) is 24.4 Å². The molecule has 6 heteroatoms. The lowest BCUT2D eigenvalue weighted by Gasteiger charge is -2.09. The molecule has 0 aliphatic carbocycles. The number of pyridine rings is 1. The number of nitrogens with zero attached hydrogens (tertiary/aromatic N) is 3. The van der Waals surface area contributed by atoms with Crippen molar-refractivity contribution in [1.82, 2.24) is 15.0 Å². The number of nitrogens with two attached hydrogens (primary N) is 1. The smallest absolute Gasteiger partial charge is 0.225 e. The van der Waals surface area contributed by atoms with Crippen LogP contribution in [0.1, 0.15) is 5.69 Å². The van der Waals surface area contributed by atoms with E-state index in [9.17, 15) is 0 Å². The largest absolute Gasteiger partial charge is 0.481 e. The number of nitrogen functional groups attached to an aromatic ring is 1. The van der Waals surface area contributed by atoms with E-state index in [1.54, 1.807) is 12.3 Å². The average Bonchev–Trinajstić information content (AvgIpc) is 2.31. The summed E-state index contributed by atoms with van der Waals surface area (Å²) in [6.45, 7) is 1.91. The fraction of sp³-hybridized carbons (Fsp3) is 0.182. The number of rotatable bonds is 3. The molecule has 0 amide bonds. The first-order valence-electron chi connectivity index (χ1n) is 5.06. The standard InChI is InChI=1S/C11H13N5O/c1-7-8(4-3-5-13-7)14-9-6-10(17-2)16-11(12)15-9/h3-6H,1-2H3,(H3,12,14,15,16). The van der Waals surface area contributed by atoms with E-state index in [2.05, 4.69) is 20.3 Å². The number of methoxy groups -OCH3 is 1. The zero-order valence-corrected chi connectivity index (χ0v) is 9.64. The summed E-state index contributed by atoms with van der Waals surface area (Å²) >= 11 is 0. The van der Waals surface area contributed by atoms with E-state index in [1.165, 1.54) is 7.11 Å². The maximum atomic E-state index is 5.57. The van der Waals surface area contributed by atoms with Gasteiger partial charge in [-0.15, -0.1) is 0 Å². The van der Waals surface area contributed by atoms with Gasteiger partial charge in [0.25, 0.3) is 0 Å². The van der Waals surface area contributed by atoms with Crippen LogP contribution in [0.2, 0.25) is 0 Å². The Morgan fingerprint density at radius 1 is 1.35 bits per heavy atom. The van der Waals surface area contributed by atoms with Gasteiger partial charge in [0.05, 0.1) is 18.5 Å². The van der Waals surface area contributed by atoms with E-state index in [-0.39, 0.29) is 5.95 Å². The van der Waals surface area contributed by atoms with Crippen LogP contribution in [-0.2, 0) is 0 Å². The maximum Gasteiger partial charge on any atom is 0.225 e. The van der Waals surface area contributed by atoms with Crippen molar-refractivity contribution in [1.29, 1.82) is 0 Å². The Bertz CT molecular complexity index is 529. The summed E-state index contributed by atoms with van der Waals surface area (Å²) in [6, 6.07) is 5.42. The Hall–Kier alpha value is -2.37. The molecule has 0 spiro atoms. The Morgan fingerprint density at radius 3 is 2.88 bits per heavy atom. The Kier molecular flexibility index (Phi) is 3.04. The third-order valence-electron chi connectivity index (χ3n) is 2.20. The molecule has 0 bridgehead atoms. The van der Waals surface area contributed by atoms with Crippen LogP contribution < -0.4 is 15.8 Å². The summed E-state index contributed by atoms with van der Waals surface area (Å²) in [5.41, 5.74) is 7.32. The minimum atomic E-state index is 0.161. The lowest BCUT2D eigenvalue weighted by molar-refractivity contribution is 0.398. The van der Waals surface area contributed by atoms with E-state index in [1.807, 2.05) is 19.1 Å². The first-order chi connectivity index (χ1) is 8.19. The first kappa shape index (κ1) is 11.1. The fourth-order valence-corrected chi connectivity index (χ4v) is 1.37. The monoisotopic (exact) mass is 231 g/mol. The van der Waals surface area contributed by atoms with Crippen molar-refractivity contribution in [3.8, 4) is 5.88 Å². The van der Waals surface area contributed by atoms with E-state index >= 15 is 0 Å². The molecule has 0 aliphatic heterocycles. The average molecular weight is 231 g/mol. The molecular weight excluding hydrogens is 218 g/mol. The molecule has 0 saturated carbocycles. The number of nitrogens with one attached hydrogen (secondary N) is 1. The van der Waals surface area contributed by atoms with Crippen molar-refractivity contribution in [3.63, 3.8) is 0 Å². The highest BCUT2D eigenvalue weighted by Gasteiger charge is 2.04. The third kappa shape index (κ3) is 2.60. The predicted octanol–water partition coefficient (Wildman–Crippen LogP) is 1.51. The summed E-state index contributed by atoms with van der Waals surface area (Å²) in [5.74, 6) is 1.15. The molecule has 6 nitrogen and oxygen atoms in total. The van der Waals surface area contributed by atoms with Gasteiger partial charge in [-0.05, 0) is 19.1 Å². The number of hydrogen-bond acceptors (Lipinski definition) is 6. The molecule has 0 fully saturated rings. The van der Waals surface area contributed by atoms with Crippen molar-refractivity contribution in [3.05, 3.63) is 30.1 Å². The van der Waals surface area contributed by atoms with Crippen LogP contribution in [0.4, 0.5) is 17.5 Å². The van der Waals surface area contributed by atoms with Crippen molar-refractivity contribution >= 4 is 17.5 Å². The van der Waals surface area contributed by atoms with Gasteiger partial charge in [-0.25, -0.2) is 0 Å². The topological polar surface area (TPSA) is 86.0 Å². The van der Waals surface area contributed by atoms with Crippen LogP contribution in [0, 0.1) is 6.92 Å². The van der Waals surface area contributed by atoms with Crippen molar-refractivity contribution in [2.45, 2.75) is 6.92 Å². The van der Waals surface area contributed by atoms with Gasteiger partial charge in [-0.3, -0.25) is 4.98 Å². The number of ether oxygens (including phenoxy) is 1. The van der Waals surface area contributed by atoms with Crippen LogP contribution >= 0.6 is 0 Å². The second kappa shape index (κ2) is 4.65. The fourth-order valence-electron chi connectivity index (χ4n) is 1.37. The highest BCUT2D eigenvalue weighted by atomic mass is 16.5. The minimum absolute atomic E-state index is 0.161. The molecular formula is C11H13N5O. The summed E-state index contributed by atoms with van der Waals surface area (Å²) < 4.78 is 5.02. The Morgan fingerprint density at radius 2 is 2.18 bits per heavy atom. The third-order valence-corrected chi connectivity index (χ3v) is 2.20. The molecule has 0 unspecified atom stereocenters. The normalized spacial score (nSPS) is 10.0. The van der Waals surface area contributed by atoms with Crippen LogP contribution in [0.5, 0.6) is 5.88 Å². The molecule has 88 valence electrons. The van der Waals surface area contributed by atoms with Gasteiger partial charge in [0.1, 0.15) is 5.82 Å². The minimum Gasteiger partial charge on any atom is -0.481 e. The molecule has 0 radical (unpaired) electrons. The van der Waals surface area contributed by atoms with E-state index in [0.29, 0.717) is 11.7 Å². The van der Waals surface area contributed by atoms with Crippen molar-refractivity contribution in [2.75, 3.05) is 18.2 Å². The second-order valence-corrected chi connectivity index (χ2v) is 3.42. The number of aryl methyl sites for hydroxylation is 1. The van der Waals surface area contributed by atoms with E-state index < -0.39 is 0 Å². The van der Waals surface area contributed by atoms with Gasteiger partial charge < -0.3 is 15.8 Å². The van der Waals surface area contributed by atoms with Crippen LogP contribution in [-0.4, -0.2) is 22.1 Å². The van der Waals surface area contributed by atoms with Gasteiger partial charge >= 0.3 is 0 Å². The number of aromatic nitrogens is 3. The molecule has 0 atom stereocenters. The van der Waals surface area contributed by atoms with Crippen LogP contribution in [0.3, 0.4) is 0 Å². The van der Waals surface area contributed by atoms with Gasteiger partial charge in [-0.2, -0.15) is 9.97 Å². The summed E-state index contributed by atoms with van der Waals surface area (Å²) in [7, 11) is 1.53. The molecule has 2 rings (SSSR count). The molecule has 3 N–H and O–H groups in total. The quantitative estimate of drug-likeness (QED) is 0.832. The molecule has 2 heterocycles. The zero-order valence-electron chi connectivity index (χ0n) is 9.64. The Labute approximate surface area is 98.9 Å². The second-order valence-electron chi connectivity index (χ2n) is 3.42. The van der Waals surface area contributed by atoms with E-state index in [4.69, 9.17) is 10.5 Å². The van der Waals surface area contributed by atoms with Gasteiger partial charge in [0.15, 0.2) is 0 Å². The SMILES string of the molecule is COc1cc(Nc2cccnc2C)nc(N)n1. The predicted molar refractivity (Wildman–Crippen MR) is 65.3 cm³/mol. The van der Waals surface area contributed by atoms with Gasteiger partial charge in [-0.1, -0.05) is 0 Å². The molecule has 0 aliphatic rings. The summed E-state index contributed by atoms with van der Waals surface area (Å²) in [4.78, 5) is 12.1. The molecule has 2 aromatic rings. The molecule has 2 aromatic heterocycles. The highest BCUT2D eigenvalue weighted by molar-refractivity contribution is 5.59. The lowest BCUT2D eigenvalue weighted by Crippen LogP contribution is -2.02. The Balaban J connectivity index is 2.30. The van der Waals surface area contributed by atoms with Gasteiger partial charge in [0, 0.05) is 12.3 Å². The number of hydrogen-bond donors (Lipinski definition) is 2. The van der Waals surface area contributed by atoms with Crippen molar-refractivity contribution in [2.24, 2.45) is 0 Å². The highest BCUT2D eigenvalue weighted by Crippen LogP contribution is 2.20. The van der Waals surface area contributed by atoms with Gasteiger partial charge in [0.2, 0.25) is 11.8 Å². The summed E-state index contributed by atoms with van der Waals surface area (Å²) in [5, 5.41) is 3.11. The molecule has 0 aromatic carbocycles. The molecule has 0 saturated heterocycles. The van der Waals surface area contributed by atoms with Crippen molar-refractivity contribution < 1.29 is 4.74 Å². The maximum absolute atomic E-state index is 5.57. The van der Waals surface area contributed by atoms with E-state index in [0.717, 1.165) is 11.4 Å². The molecule has 17 heavy (non-hydrogen) atoms. The zero-order chi connectivity index (χ0) is 12.3.